The predicted molar refractivity (Wildman–Crippen MR) is 186 cm³/mol. The van der Waals surface area contributed by atoms with Gasteiger partial charge in [0.1, 0.15) is 12.1 Å². The molecule has 0 unspecified atom stereocenters. The third kappa shape index (κ3) is 7.26. The second kappa shape index (κ2) is 15.2. The Balaban J connectivity index is 0.000000188. The van der Waals surface area contributed by atoms with Gasteiger partial charge in [-0.3, -0.25) is 0 Å². The lowest BCUT2D eigenvalue weighted by Crippen LogP contribution is -2.11. The minimum atomic E-state index is -0.528. The van der Waals surface area contributed by atoms with Crippen molar-refractivity contribution in [2.45, 2.75) is 0 Å². The number of hydrogen-bond acceptors (Lipinski definition) is 8. The third-order valence-electron chi connectivity index (χ3n) is 6.96. The van der Waals surface area contributed by atoms with Crippen LogP contribution in [0.5, 0.6) is 0 Å². The molecule has 6 aromatic rings. The number of ether oxygens (including phenoxy) is 2. The van der Waals surface area contributed by atoms with Gasteiger partial charge in [-0.1, -0.05) is 92.5 Å². The Labute approximate surface area is 292 Å². The van der Waals surface area contributed by atoms with Crippen molar-refractivity contribution >= 4 is 43.8 Å². The first kappa shape index (κ1) is 33.5. The number of aromatic nitrogens is 4. The SMILES string of the molecule is COC(=O)c1cc(-c2ccccc2)n(-c2cc(Br)ccc2C#N)n1.COC(=O)c1cc(-c2ccccc2)nn1-c1cc(Br)ccc1C#N. The summed E-state index contributed by atoms with van der Waals surface area (Å²) in [5, 5.41) is 27.6. The van der Waals surface area contributed by atoms with E-state index < -0.39 is 11.9 Å². The Morgan fingerprint density at radius 3 is 1.69 bits per heavy atom. The second-order valence-corrected chi connectivity index (χ2v) is 11.7. The highest BCUT2D eigenvalue weighted by atomic mass is 79.9. The van der Waals surface area contributed by atoms with Gasteiger partial charge < -0.3 is 9.47 Å². The van der Waals surface area contributed by atoms with Crippen molar-refractivity contribution in [1.29, 1.82) is 10.5 Å². The number of carbonyl (C=O) groups is 2. The van der Waals surface area contributed by atoms with Crippen LogP contribution in [0.3, 0.4) is 0 Å². The molecule has 10 nitrogen and oxygen atoms in total. The molecule has 0 aliphatic carbocycles. The Hall–Kier alpha value is -5.82. The third-order valence-corrected chi connectivity index (χ3v) is 7.95. The van der Waals surface area contributed by atoms with Crippen molar-refractivity contribution in [3.05, 3.63) is 141 Å². The standard InChI is InChI=1S/2C18H12BrN3O2/c1-24-18(23)15-10-17(12-5-3-2-4-6-12)22(21-15)16-9-14(19)8-7-13(16)11-20;1-24-18(23)17-10-15(12-5-3-2-4-6-12)21-22(17)16-9-14(19)8-7-13(16)11-20/h2*2-10H,1H3. The predicted octanol–water partition coefficient (Wildman–Crippen LogP) is 7.92. The molecule has 0 aliphatic rings. The summed E-state index contributed by atoms with van der Waals surface area (Å²) in [4.78, 5) is 24.0. The highest BCUT2D eigenvalue weighted by Crippen LogP contribution is 2.28. The molecule has 0 saturated carbocycles. The van der Waals surface area contributed by atoms with Crippen molar-refractivity contribution < 1.29 is 19.1 Å². The van der Waals surface area contributed by atoms with E-state index in [1.54, 1.807) is 53.2 Å². The second-order valence-electron chi connectivity index (χ2n) is 9.92. The van der Waals surface area contributed by atoms with Crippen LogP contribution in [0, 0.1) is 22.7 Å². The smallest absolute Gasteiger partial charge is 0.358 e. The van der Waals surface area contributed by atoms with Gasteiger partial charge in [-0.25, -0.2) is 19.0 Å². The molecule has 4 aromatic carbocycles. The van der Waals surface area contributed by atoms with E-state index in [2.05, 4.69) is 54.2 Å². The van der Waals surface area contributed by atoms with Gasteiger partial charge in [-0.05, 0) is 48.5 Å². The van der Waals surface area contributed by atoms with Crippen molar-refractivity contribution in [3.63, 3.8) is 0 Å². The lowest BCUT2D eigenvalue weighted by molar-refractivity contribution is 0.0583. The van der Waals surface area contributed by atoms with Gasteiger partial charge in [0.25, 0.3) is 0 Å². The number of nitrogens with zero attached hydrogens (tertiary/aromatic N) is 6. The lowest BCUT2D eigenvalue weighted by Gasteiger charge is -2.09. The summed E-state index contributed by atoms with van der Waals surface area (Å²) >= 11 is 6.80. The van der Waals surface area contributed by atoms with Gasteiger partial charge in [-0.2, -0.15) is 20.7 Å². The molecule has 0 fully saturated rings. The summed E-state index contributed by atoms with van der Waals surface area (Å²) < 4.78 is 14.2. The van der Waals surface area contributed by atoms with E-state index in [0.29, 0.717) is 33.9 Å². The molecule has 0 amide bonds. The maximum absolute atomic E-state index is 12.2. The molecule has 12 heteroatoms. The minimum absolute atomic E-state index is 0.181. The number of rotatable bonds is 6. The van der Waals surface area contributed by atoms with Crippen LogP contribution in [0.15, 0.2) is 118 Å². The maximum Gasteiger partial charge on any atom is 0.358 e. The molecule has 0 atom stereocenters. The molecule has 0 radical (unpaired) electrons. The van der Waals surface area contributed by atoms with E-state index in [4.69, 9.17) is 9.47 Å². The van der Waals surface area contributed by atoms with E-state index in [-0.39, 0.29) is 11.4 Å². The Morgan fingerprint density at radius 1 is 0.646 bits per heavy atom. The highest BCUT2D eigenvalue weighted by Gasteiger charge is 2.21. The summed E-state index contributed by atoms with van der Waals surface area (Å²) in [6, 6.07) is 37.1. The molecule has 0 spiro atoms. The van der Waals surface area contributed by atoms with Crippen molar-refractivity contribution in [3.8, 4) is 46.0 Å². The van der Waals surface area contributed by atoms with Gasteiger partial charge in [0.15, 0.2) is 11.4 Å². The van der Waals surface area contributed by atoms with Crippen molar-refractivity contribution in [2.75, 3.05) is 14.2 Å². The normalized spacial score (nSPS) is 10.2. The topological polar surface area (TPSA) is 136 Å². The van der Waals surface area contributed by atoms with E-state index in [1.165, 1.54) is 18.9 Å². The average molecular weight is 764 g/mol. The van der Waals surface area contributed by atoms with E-state index in [0.717, 1.165) is 20.1 Å². The highest BCUT2D eigenvalue weighted by molar-refractivity contribution is 9.10. The fourth-order valence-corrected chi connectivity index (χ4v) is 5.40. The zero-order valence-corrected chi connectivity index (χ0v) is 28.6. The van der Waals surface area contributed by atoms with Gasteiger partial charge in [-0.15, -0.1) is 0 Å². The van der Waals surface area contributed by atoms with Crippen LogP contribution >= 0.6 is 31.9 Å². The molecule has 2 heterocycles. The zero-order valence-electron chi connectivity index (χ0n) is 25.5. The van der Waals surface area contributed by atoms with Gasteiger partial charge in [0, 0.05) is 20.1 Å². The molecule has 2 aromatic heterocycles. The van der Waals surface area contributed by atoms with E-state index >= 15 is 0 Å². The first-order valence-corrected chi connectivity index (χ1v) is 15.7. The summed E-state index contributed by atoms with van der Waals surface area (Å²) in [5.74, 6) is -1.05. The van der Waals surface area contributed by atoms with Crippen LogP contribution in [0.4, 0.5) is 0 Å². The number of carbonyl (C=O) groups excluding carboxylic acids is 2. The summed E-state index contributed by atoms with van der Waals surface area (Å²) in [7, 11) is 2.62. The molecule has 0 aliphatic heterocycles. The van der Waals surface area contributed by atoms with Gasteiger partial charge in [0.2, 0.25) is 0 Å². The van der Waals surface area contributed by atoms with Crippen LogP contribution in [0.1, 0.15) is 32.1 Å². The number of methoxy groups -OCH3 is 2. The number of halogens is 2. The fourth-order valence-electron chi connectivity index (χ4n) is 4.70. The van der Waals surface area contributed by atoms with Crippen LogP contribution in [-0.4, -0.2) is 45.7 Å². The first-order valence-electron chi connectivity index (χ1n) is 14.2. The molecular weight excluding hydrogens is 740 g/mol. The van der Waals surface area contributed by atoms with Crippen LogP contribution in [-0.2, 0) is 9.47 Å². The maximum atomic E-state index is 12.2. The van der Waals surface area contributed by atoms with Gasteiger partial charge >= 0.3 is 11.9 Å². The van der Waals surface area contributed by atoms with Gasteiger partial charge in [0.05, 0.1) is 48.1 Å². The van der Waals surface area contributed by atoms with E-state index in [9.17, 15) is 20.1 Å². The molecule has 0 N–H and O–H groups in total. The summed E-state index contributed by atoms with van der Waals surface area (Å²) in [5.41, 5.74) is 5.46. The average Bonchev–Trinajstić information content (AvgIpc) is 3.78. The van der Waals surface area contributed by atoms with Crippen LogP contribution in [0.25, 0.3) is 33.9 Å². The molecule has 0 saturated heterocycles. The number of esters is 2. The molecule has 48 heavy (non-hydrogen) atoms. The number of benzene rings is 4. The van der Waals surface area contributed by atoms with Crippen molar-refractivity contribution in [2.24, 2.45) is 0 Å². The molecular formula is C36H24Br2N6O4. The van der Waals surface area contributed by atoms with E-state index in [1.807, 2.05) is 60.7 Å². The quantitative estimate of drug-likeness (QED) is 0.156. The molecule has 236 valence electrons. The fraction of sp³-hybridized carbons (Fsp3) is 0.0556. The number of hydrogen-bond donors (Lipinski definition) is 0. The monoisotopic (exact) mass is 762 g/mol. The first-order chi connectivity index (χ1) is 23.3. The zero-order chi connectivity index (χ0) is 34.2. The molecule has 0 bridgehead atoms. The largest absolute Gasteiger partial charge is 0.464 e. The van der Waals surface area contributed by atoms with Crippen LogP contribution < -0.4 is 0 Å². The minimum Gasteiger partial charge on any atom is -0.464 e. The summed E-state index contributed by atoms with van der Waals surface area (Å²) in [6.45, 7) is 0. The molecule has 6 rings (SSSR count). The Morgan fingerprint density at radius 2 is 1.17 bits per heavy atom. The van der Waals surface area contributed by atoms with Crippen molar-refractivity contribution in [1.82, 2.24) is 19.6 Å². The van der Waals surface area contributed by atoms with Crippen LogP contribution in [0.2, 0.25) is 0 Å². The Kier molecular flexibility index (Phi) is 10.6. The number of nitriles is 2. The lowest BCUT2D eigenvalue weighted by atomic mass is 10.1. The summed E-state index contributed by atoms with van der Waals surface area (Å²) in [6.07, 6.45) is 0. The Bertz CT molecular complexity index is 2200.